The number of hydrogen-bond acceptors (Lipinski definition) is 4. The molecule has 3 N–H and O–H groups in total. The number of fused-ring (bicyclic) bond motifs is 1. The maximum absolute atomic E-state index is 12.6. The van der Waals surface area contributed by atoms with Gasteiger partial charge in [-0.05, 0) is 95.6 Å². The summed E-state index contributed by atoms with van der Waals surface area (Å²) in [5.41, 5.74) is 6.66. The Balaban J connectivity index is 1.31. The molecule has 0 bridgehead atoms. The van der Waals surface area contributed by atoms with Gasteiger partial charge in [-0.15, -0.1) is 0 Å². The van der Waals surface area contributed by atoms with Crippen LogP contribution in [-0.2, 0) is 11.2 Å². The summed E-state index contributed by atoms with van der Waals surface area (Å²) in [7, 11) is 0. The lowest BCUT2D eigenvalue weighted by molar-refractivity contribution is -0.110. The zero-order valence-electron chi connectivity index (χ0n) is 20.6. The topological polar surface area (TPSA) is 99.7 Å². The Labute approximate surface area is 230 Å². The number of amides is 3. The van der Waals surface area contributed by atoms with Gasteiger partial charge in [-0.3, -0.25) is 14.4 Å². The molecule has 8 heteroatoms. The smallest absolute Gasteiger partial charge is 0.276 e. The molecule has 0 aromatic heterocycles. The highest BCUT2D eigenvalue weighted by atomic mass is 127. The SMILES string of the molecule is CCCCCCCc1ccc(C(=O)Nc2ccc(C(=O)N/N=C3\C(=O)Nc4ccc(I)cc43)cc2)cc1. The third-order valence-corrected chi connectivity index (χ3v) is 6.83. The lowest BCUT2D eigenvalue weighted by atomic mass is 10.0. The van der Waals surface area contributed by atoms with Crippen molar-refractivity contribution in [1.29, 1.82) is 0 Å². The summed E-state index contributed by atoms with van der Waals surface area (Å²) in [4.78, 5) is 37.4. The van der Waals surface area contributed by atoms with Gasteiger partial charge >= 0.3 is 0 Å². The van der Waals surface area contributed by atoms with E-state index >= 15 is 0 Å². The number of halogens is 1. The van der Waals surface area contributed by atoms with E-state index in [-0.39, 0.29) is 17.5 Å². The van der Waals surface area contributed by atoms with Gasteiger partial charge in [0.15, 0.2) is 5.71 Å². The maximum atomic E-state index is 12.6. The summed E-state index contributed by atoms with van der Waals surface area (Å²) >= 11 is 2.15. The molecule has 3 aromatic rings. The van der Waals surface area contributed by atoms with Crippen molar-refractivity contribution in [2.24, 2.45) is 5.10 Å². The van der Waals surface area contributed by atoms with Gasteiger partial charge in [-0.2, -0.15) is 5.10 Å². The van der Waals surface area contributed by atoms with Crippen LogP contribution in [-0.4, -0.2) is 23.4 Å². The second-order valence-corrected chi connectivity index (χ2v) is 10.2. The van der Waals surface area contributed by atoms with Crippen molar-refractivity contribution >= 4 is 57.4 Å². The molecular formula is C29H29IN4O3. The molecule has 1 aliphatic heterocycles. The number of nitrogens with zero attached hydrogens (tertiary/aromatic N) is 1. The van der Waals surface area contributed by atoms with Crippen LogP contribution in [0.2, 0.25) is 0 Å². The zero-order chi connectivity index (χ0) is 26.2. The van der Waals surface area contributed by atoms with E-state index in [9.17, 15) is 14.4 Å². The van der Waals surface area contributed by atoms with E-state index in [1.165, 1.54) is 31.2 Å². The molecule has 190 valence electrons. The molecule has 0 saturated carbocycles. The second-order valence-electron chi connectivity index (χ2n) is 8.94. The lowest BCUT2D eigenvalue weighted by Gasteiger charge is -2.08. The number of hydrazone groups is 1. The molecular weight excluding hydrogens is 579 g/mol. The maximum Gasteiger partial charge on any atom is 0.276 e. The summed E-state index contributed by atoms with van der Waals surface area (Å²) in [6.07, 6.45) is 7.23. The molecule has 1 heterocycles. The van der Waals surface area contributed by atoms with Gasteiger partial charge in [0.05, 0.1) is 5.69 Å². The van der Waals surface area contributed by atoms with Crippen molar-refractivity contribution in [1.82, 2.24) is 5.43 Å². The number of benzene rings is 3. The average Bonchev–Trinajstić information content (AvgIpc) is 3.21. The first-order valence-electron chi connectivity index (χ1n) is 12.4. The van der Waals surface area contributed by atoms with Crippen LogP contribution in [0, 0.1) is 3.57 Å². The molecule has 37 heavy (non-hydrogen) atoms. The molecule has 7 nitrogen and oxygen atoms in total. The van der Waals surface area contributed by atoms with Gasteiger partial charge in [0.25, 0.3) is 17.7 Å². The standard InChI is InChI=1S/C29H29IN4O3/c1-2-3-4-5-6-7-19-8-10-20(11-9-19)27(35)31-23-15-12-21(13-16-23)28(36)34-33-26-24-18-22(30)14-17-25(24)32-29(26)37/h8-18H,2-7H2,1H3,(H,31,35)(H,34,36)(H,32,33,37). The molecule has 0 aliphatic carbocycles. The van der Waals surface area contributed by atoms with Crippen LogP contribution >= 0.6 is 22.6 Å². The van der Waals surface area contributed by atoms with Crippen molar-refractivity contribution < 1.29 is 14.4 Å². The Bertz CT molecular complexity index is 1320. The highest BCUT2D eigenvalue weighted by Crippen LogP contribution is 2.25. The van der Waals surface area contributed by atoms with E-state index in [2.05, 4.69) is 50.7 Å². The lowest BCUT2D eigenvalue weighted by Crippen LogP contribution is -2.23. The first kappa shape index (κ1) is 26.5. The van der Waals surface area contributed by atoms with E-state index in [0.717, 1.165) is 16.4 Å². The van der Waals surface area contributed by atoms with Gasteiger partial charge < -0.3 is 10.6 Å². The fraction of sp³-hybridized carbons (Fsp3) is 0.241. The summed E-state index contributed by atoms with van der Waals surface area (Å²) < 4.78 is 0.957. The largest absolute Gasteiger partial charge is 0.322 e. The molecule has 0 saturated heterocycles. The molecule has 3 aromatic carbocycles. The van der Waals surface area contributed by atoms with Gasteiger partial charge in [-0.25, -0.2) is 5.43 Å². The van der Waals surface area contributed by atoms with Crippen LogP contribution in [0.3, 0.4) is 0 Å². The van der Waals surface area contributed by atoms with Gasteiger partial charge in [-0.1, -0.05) is 44.7 Å². The van der Waals surface area contributed by atoms with Gasteiger partial charge in [0.2, 0.25) is 0 Å². The van der Waals surface area contributed by atoms with E-state index in [1.807, 2.05) is 36.4 Å². The third kappa shape index (κ3) is 7.03. The van der Waals surface area contributed by atoms with Crippen LogP contribution < -0.4 is 16.1 Å². The third-order valence-electron chi connectivity index (χ3n) is 6.16. The van der Waals surface area contributed by atoms with Crippen molar-refractivity contribution in [3.05, 3.63) is 92.6 Å². The van der Waals surface area contributed by atoms with E-state index < -0.39 is 5.91 Å². The fourth-order valence-electron chi connectivity index (χ4n) is 4.07. The monoisotopic (exact) mass is 608 g/mol. The molecule has 1 aliphatic rings. The summed E-state index contributed by atoms with van der Waals surface area (Å²) in [6, 6.07) is 19.7. The number of nitrogens with one attached hydrogen (secondary N) is 3. The van der Waals surface area contributed by atoms with Crippen molar-refractivity contribution in [2.75, 3.05) is 10.6 Å². The molecule has 0 spiro atoms. The van der Waals surface area contributed by atoms with Crippen LogP contribution in [0.15, 0.2) is 71.8 Å². The normalized spacial score (nSPS) is 13.2. The Morgan fingerprint density at radius 2 is 1.54 bits per heavy atom. The molecule has 0 fully saturated rings. The van der Waals surface area contributed by atoms with E-state index in [1.54, 1.807) is 30.3 Å². The molecule has 4 rings (SSSR count). The van der Waals surface area contributed by atoms with Gasteiger partial charge in [0.1, 0.15) is 0 Å². The minimum atomic E-state index is -0.456. The Morgan fingerprint density at radius 3 is 2.27 bits per heavy atom. The Hall–Kier alpha value is -3.53. The predicted molar refractivity (Wildman–Crippen MR) is 155 cm³/mol. The predicted octanol–water partition coefficient (Wildman–Crippen LogP) is 6.14. The van der Waals surface area contributed by atoms with Crippen LogP contribution in [0.5, 0.6) is 0 Å². The second kappa shape index (κ2) is 12.6. The number of unbranched alkanes of at least 4 members (excludes halogenated alkanes) is 4. The summed E-state index contributed by atoms with van der Waals surface area (Å²) in [6.45, 7) is 2.21. The van der Waals surface area contributed by atoms with Crippen molar-refractivity contribution in [2.45, 2.75) is 45.4 Å². The highest BCUT2D eigenvalue weighted by molar-refractivity contribution is 14.1. The minimum absolute atomic E-state index is 0.160. The first-order chi connectivity index (χ1) is 17.9. The van der Waals surface area contributed by atoms with Crippen LogP contribution in [0.1, 0.15) is 70.9 Å². The Kier molecular flexibility index (Phi) is 9.05. The van der Waals surface area contributed by atoms with Gasteiger partial charge in [0, 0.05) is 25.9 Å². The molecule has 3 amide bonds. The average molecular weight is 608 g/mol. The highest BCUT2D eigenvalue weighted by Gasteiger charge is 2.26. The van der Waals surface area contributed by atoms with Crippen LogP contribution in [0.25, 0.3) is 0 Å². The van der Waals surface area contributed by atoms with E-state index in [4.69, 9.17) is 0 Å². The molecule has 0 radical (unpaired) electrons. The number of carbonyl (C=O) groups is 3. The fourth-order valence-corrected chi connectivity index (χ4v) is 4.56. The van der Waals surface area contributed by atoms with E-state index in [0.29, 0.717) is 28.1 Å². The number of hydrogen-bond donors (Lipinski definition) is 3. The first-order valence-corrected chi connectivity index (χ1v) is 13.5. The van der Waals surface area contributed by atoms with Crippen LogP contribution in [0.4, 0.5) is 11.4 Å². The summed E-state index contributed by atoms with van der Waals surface area (Å²) in [5, 5.41) is 9.63. The summed E-state index contributed by atoms with van der Waals surface area (Å²) in [5.74, 6) is -1.03. The Morgan fingerprint density at radius 1 is 0.865 bits per heavy atom. The molecule has 0 atom stereocenters. The number of anilines is 2. The van der Waals surface area contributed by atoms with Crippen molar-refractivity contribution in [3.8, 4) is 0 Å². The quantitative estimate of drug-likeness (QED) is 0.147. The minimum Gasteiger partial charge on any atom is -0.322 e. The number of aryl methyl sites for hydroxylation is 1. The van der Waals surface area contributed by atoms with Crippen molar-refractivity contribution in [3.63, 3.8) is 0 Å². The molecule has 0 unspecified atom stereocenters. The number of carbonyl (C=O) groups excluding carboxylic acids is 3. The number of rotatable bonds is 10. The zero-order valence-corrected chi connectivity index (χ0v) is 22.8.